The molecule has 0 bridgehead atoms. The number of anilines is 1. The monoisotopic (exact) mass is 294 g/mol. The van der Waals surface area contributed by atoms with Crippen molar-refractivity contribution < 1.29 is 4.39 Å². The Labute approximate surface area is 119 Å². The molecule has 0 saturated carbocycles. The highest BCUT2D eigenvalue weighted by molar-refractivity contribution is 6.33. The number of aromatic amines is 1. The molecule has 0 fully saturated rings. The maximum atomic E-state index is 13.5. The molecule has 7 heteroatoms. The third-order valence-corrected chi connectivity index (χ3v) is 2.85. The van der Waals surface area contributed by atoms with Crippen LogP contribution in [0, 0.1) is 5.82 Å². The minimum atomic E-state index is -0.480. The quantitative estimate of drug-likeness (QED) is 0.672. The van der Waals surface area contributed by atoms with Gasteiger partial charge in [0.1, 0.15) is 5.82 Å². The predicted molar refractivity (Wildman–Crippen MR) is 76.9 cm³/mol. The Bertz CT molecular complexity index is 679. The zero-order valence-electron chi connectivity index (χ0n) is 10.7. The van der Waals surface area contributed by atoms with E-state index in [9.17, 15) is 9.18 Å². The van der Waals surface area contributed by atoms with Crippen molar-refractivity contribution >= 4 is 23.8 Å². The molecule has 0 saturated heterocycles. The smallest absolute Gasteiger partial charge is 0.252 e. The molecule has 0 radical (unpaired) electrons. The molecular formula is C13H12ClFN4O. The van der Waals surface area contributed by atoms with Crippen LogP contribution in [0.3, 0.4) is 0 Å². The summed E-state index contributed by atoms with van der Waals surface area (Å²) in [5.74, 6) is -0.287. The number of aromatic nitrogens is 2. The first-order chi connectivity index (χ1) is 9.60. The van der Waals surface area contributed by atoms with Gasteiger partial charge in [-0.15, -0.1) is 0 Å². The first-order valence-corrected chi connectivity index (χ1v) is 6.31. The Morgan fingerprint density at radius 1 is 1.55 bits per heavy atom. The van der Waals surface area contributed by atoms with Gasteiger partial charge in [0.15, 0.2) is 0 Å². The Kier molecular flexibility index (Phi) is 4.47. The van der Waals surface area contributed by atoms with Crippen LogP contribution in [-0.2, 0) is 6.42 Å². The molecule has 0 aliphatic heterocycles. The van der Waals surface area contributed by atoms with Gasteiger partial charge in [0.05, 0.1) is 11.2 Å². The van der Waals surface area contributed by atoms with E-state index in [4.69, 9.17) is 11.6 Å². The molecule has 2 N–H and O–H groups in total. The molecule has 0 aliphatic carbocycles. The van der Waals surface area contributed by atoms with Crippen LogP contribution in [0.5, 0.6) is 0 Å². The van der Waals surface area contributed by atoms with Gasteiger partial charge in [0, 0.05) is 17.3 Å². The summed E-state index contributed by atoms with van der Waals surface area (Å²) in [4.78, 5) is 17.9. The van der Waals surface area contributed by atoms with Gasteiger partial charge >= 0.3 is 0 Å². The van der Waals surface area contributed by atoms with Gasteiger partial charge in [-0.25, -0.2) is 14.8 Å². The van der Waals surface area contributed by atoms with Crippen molar-refractivity contribution in [2.45, 2.75) is 13.3 Å². The molecule has 0 amide bonds. The minimum Gasteiger partial charge on any atom is -0.291 e. The zero-order chi connectivity index (χ0) is 14.5. The molecule has 1 aromatic heterocycles. The Morgan fingerprint density at radius 3 is 3.05 bits per heavy atom. The number of rotatable bonds is 4. The SMILES string of the molecule is CCc1cc(=O)[nH]c(N/N=C\c2c(F)cccc2Cl)n1. The van der Waals surface area contributed by atoms with E-state index < -0.39 is 5.82 Å². The molecule has 2 aromatic rings. The van der Waals surface area contributed by atoms with Gasteiger partial charge in [0.25, 0.3) is 5.56 Å². The van der Waals surface area contributed by atoms with Crippen LogP contribution >= 0.6 is 11.6 Å². The van der Waals surface area contributed by atoms with Gasteiger partial charge in [0.2, 0.25) is 5.95 Å². The van der Waals surface area contributed by atoms with E-state index in [1.807, 2.05) is 6.92 Å². The first-order valence-electron chi connectivity index (χ1n) is 5.93. The van der Waals surface area contributed by atoms with Gasteiger partial charge in [-0.3, -0.25) is 9.78 Å². The van der Waals surface area contributed by atoms with Crippen molar-refractivity contribution in [1.82, 2.24) is 9.97 Å². The minimum absolute atomic E-state index is 0.163. The first kappa shape index (κ1) is 14.2. The molecule has 1 heterocycles. The second-order valence-corrected chi connectivity index (χ2v) is 4.35. The number of hydrazone groups is 1. The van der Waals surface area contributed by atoms with Crippen molar-refractivity contribution in [2.75, 3.05) is 5.43 Å². The number of H-pyrrole nitrogens is 1. The average molecular weight is 295 g/mol. The van der Waals surface area contributed by atoms with Crippen LogP contribution in [0.25, 0.3) is 0 Å². The summed E-state index contributed by atoms with van der Waals surface area (Å²) < 4.78 is 13.5. The van der Waals surface area contributed by atoms with Gasteiger partial charge < -0.3 is 0 Å². The normalized spacial score (nSPS) is 10.9. The van der Waals surface area contributed by atoms with Gasteiger partial charge in [-0.2, -0.15) is 5.10 Å². The van der Waals surface area contributed by atoms with Crippen LogP contribution in [0.4, 0.5) is 10.3 Å². The lowest BCUT2D eigenvalue weighted by atomic mass is 10.2. The molecule has 20 heavy (non-hydrogen) atoms. The van der Waals surface area contributed by atoms with Gasteiger partial charge in [-0.05, 0) is 18.6 Å². The van der Waals surface area contributed by atoms with E-state index in [1.54, 1.807) is 6.07 Å². The van der Waals surface area contributed by atoms with Crippen molar-refractivity contribution in [1.29, 1.82) is 0 Å². The lowest BCUT2D eigenvalue weighted by Crippen LogP contribution is -2.11. The van der Waals surface area contributed by atoms with E-state index in [2.05, 4.69) is 20.5 Å². The molecule has 104 valence electrons. The molecule has 5 nitrogen and oxygen atoms in total. The maximum absolute atomic E-state index is 13.5. The lowest BCUT2D eigenvalue weighted by Gasteiger charge is -2.02. The fraction of sp³-hybridized carbons (Fsp3) is 0.154. The van der Waals surface area contributed by atoms with E-state index in [-0.39, 0.29) is 22.1 Å². The number of halogens is 2. The van der Waals surface area contributed by atoms with Crippen LogP contribution in [-0.4, -0.2) is 16.2 Å². The number of nitrogens with zero attached hydrogens (tertiary/aromatic N) is 2. The number of aryl methyl sites for hydroxylation is 1. The molecule has 0 unspecified atom stereocenters. The fourth-order valence-corrected chi connectivity index (χ4v) is 1.75. The summed E-state index contributed by atoms with van der Waals surface area (Å²) in [6, 6.07) is 5.75. The highest BCUT2D eigenvalue weighted by Crippen LogP contribution is 2.16. The molecule has 2 rings (SSSR count). The standard InChI is InChI=1S/C13H12ClFN4O/c1-2-8-6-12(20)18-13(17-8)19-16-7-9-10(14)4-3-5-11(9)15/h3-7H,2H2,1H3,(H2,17,18,19,20)/b16-7-. The summed E-state index contributed by atoms with van der Waals surface area (Å²) in [6.07, 6.45) is 1.86. The lowest BCUT2D eigenvalue weighted by molar-refractivity contribution is 0.626. The summed E-state index contributed by atoms with van der Waals surface area (Å²) >= 11 is 5.85. The highest BCUT2D eigenvalue weighted by Gasteiger charge is 2.03. The van der Waals surface area contributed by atoms with Crippen molar-refractivity contribution in [3.05, 3.63) is 56.7 Å². The number of hydrogen-bond donors (Lipinski definition) is 2. The highest BCUT2D eigenvalue weighted by atomic mass is 35.5. The van der Waals surface area contributed by atoms with E-state index in [0.29, 0.717) is 12.1 Å². The van der Waals surface area contributed by atoms with E-state index in [0.717, 1.165) is 0 Å². The van der Waals surface area contributed by atoms with Crippen molar-refractivity contribution in [3.63, 3.8) is 0 Å². The Hall–Kier alpha value is -2.21. The largest absolute Gasteiger partial charge is 0.291 e. The molecule has 0 aliphatic rings. The number of benzene rings is 1. The summed E-state index contributed by atoms with van der Waals surface area (Å²) in [5.41, 5.74) is 3.06. The third kappa shape index (κ3) is 3.42. The predicted octanol–water partition coefficient (Wildman–Crippen LogP) is 2.57. The molecule has 0 atom stereocenters. The molecule has 1 aromatic carbocycles. The average Bonchev–Trinajstić information content (AvgIpc) is 2.41. The number of hydrogen-bond acceptors (Lipinski definition) is 4. The summed E-state index contributed by atoms with van der Waals surface area (Å²) in [6.45, 7) is 1.88. The molecule has 0 spiro atoms. The number of nitrogens with one attached hydrogen (secondary N) is 2. The summed E-state index contributed by atoms with van der Waals surface area (Å²) in [5, 5.41) is 4.07. The van der Waals surface area contributed by atoms with Crippen LogP contribution in [0.15, 0.2) is 34.2 Å². The van der Waals surface area contributed by atoms with Crippen LogP contribution in [0.1, 0.15) is 18.2 Å². The van der Waals surface area contributed by atoms with Crippen LogP contribution < -0.4 is 11.0 Å². The third-order valence-electron chi connectivity index (χ3n) is 2.52. The van der Waals surface area contributed by atoms with Crippen LogP contribution in [0.2, 0.25) is 5.02 Å². The van der Waals surface area contributed by atoms with E-state index >= 15 is 0 Å². The second kappa shape index (κ2) is 6.29. The Balaban J connectivity index is 2.18. The topological polar surface area (TPSA) is 70.1 Å². The van der Waals surface area contributed by atoms with Crippen molar-refractivity contribution in [3.8, 4) is 0 Å². The maximum Gasteiger partial charge on any atom is 0.252 e. The van der Waals surface area contributed by atoms with E-state index in [1.165, 1.54) is 24.4 Å². The van der Waals surface area contributed by atoms with Gasteiger partial charge in [-0.1, -0.05) is 24.6 Å². The fourth-order valence-electron chi connectivity index (χ4n) is 1.53. The van der Waals surface area contributed by atoms with Crippen molar-refractivity contribution in [2.24, 2.45) is 5.10 Å². The second-order valence-electron chi connectivity index (χ2n) is 3.94. The summed E-state index contributed by atoms with van der Waals surface area (Å²) in [7, 11) is 0. The Morgan fingerprint density at radius 2 is 2.35 bits per heavy atom. The zero-order valence-corrected chi connectivity index (χ0v) is 11.4. The molecular weight excluding hydrogens is 283 g/mol.